The molecule has 2 rings (SSSR count). The first kappa shape index (κ1) is 15.5. The van der Waals surface area contributed by atoms with Crippen molar-refractivity contribution in [2.75, 3.05) is 12.0 Å². The van der Waals surface area contributed by atoms with E-state index >= 15 is 0 Å². The molecule has 1 aromatic rings. The summed E-state index contributed by atoms with van der Waals surface area (Å²) in [4.78, 5) is 14.1. The highest BCUT2D eigenvalue weighted by Gasteiger charge is 2.39. The average molecular weight is 315 g/mol. The number of halogens is 1. The van der Waals surface area contributed by atoms with E-state index in [4.69, 9.17) is 11.6 Å². The topological polar surface area (TPSA) is 49.4 Å². The van der Waals surface area contributed by atoms with Crippen molar-refractivity contribution in [1.29, 1.82) is 0 Å². The highest BCUT2D eigenvalue weighted by molar-refractivity contribution is 7.84. The van der Waals surface area contributed by atoms with Crippen LogP contribution in [-0.4, -0.2) is 39.1 Å². The minimum atomic E-state index is -0.941. The first-order valence-electron chi connectivity index (χ1n) is 6.54. The first-order chi connectivity index (χ1) is 9.40. The van der Waals surface area contributed by atoms with E-state index in [0.29, 0.717) is 10.8 Å². The Labute approximate surface area is 126 Å². The molecule has 1 amide bonds. The van der Waals surface area contributed by atoms with Gasteiger partial charge in [-0.05, 0) is 31.5 Å². The zero-order chi connectivity index (χ0) is 14.9. The lowest BCUT2D eigenvalue weighted by Crippen LogP contribution is -2.41. The third-order valence-electron chi connectivity index (χ3n) is 3.43. The summed E-state index contributed by atoms with van der Waals surface area (Å²) in [6, 6.07) is 7.14. The van der Waals surface area contributed by atoms with Crippen LogP contribution in [0, 0.1) is 0 Å². The van der Waals surface area contributed by atoms with Gasteiger partial charge in [0.15, 0.2) is 0 Å². The number of hydrogen-bond acceptors (Lipinski definition) is 3. The molecule has 110 valence electrons. The molecule has 1 aliphatic heterocycles. The van der Waals surface area contributed by atoms with Crippen molar-refractivity contribution >= 4 is 28.3 Å². The summed E-state index contributed by atoms with van der Waals surface area (Å²) < 4.78 is 11.4. The van der Waals surface area contributed by atoms with E-state index < -0.39 is 10.8 Å². The number of nitrogens with one attached hydrogen (secondary N) is 1. The normalized spacial score (nSPS) is 25.8. The Balaban J connectivity index is 2.30. The van der Waals surface area contributed by atoms with Crippen LogP contribution in [0.2, 0.25) is 5.02 Å². The Hall–Kier alpha value is -0.910. The smallest absolute Gasteiger partial charge is 0.241 e. The van der Waals surface area contributed by atoms with E-state index in [1.165, 1.54) is 0 Å². The van der Waals surface area contributed by atoms with Gasteiger partial charge in [0.2, 0.25) is 5.91 Å². The summed E-state index contributed by atoms with van der Waals surface area (Å²) in [7, 11) is -0.941. The third-order valence-corrected chi connectivity index (χ3v) is 4.61. The number of hydrogen-bond donors (Lipinski definition) is 1. The monoisotopic (exact) mass is 314 g/mol. The molecule has 0 bridgehead atoms. The standard InChI is InChI=1S/C14H19ClN2O2S/c1-9(8-20(3)19)17-13(16-10(2)14(17)18)11-5-4-6-12(15)7-11/h4-7,9-10,13,16H,8H2,1-3H3. The van der Waals surface area contributed by atoms with Gasteiger partial charge in [-0.3, -0.25) is 14.3 Å². The number of carbonyl (C=O) groups is 1. The molecule has 1 aromatic carbocycles. The number of nitrogens with zero attached hydrogens (tertiary/aromatic N) is 1. The summed E-state index contributed by atoms with van der Waals surface area (Å²) in [6.07, 6.45) is 1.44. The van der Waals surface area contributed by atoms with Crippen LogP contribution in [0.15, 0.2) is 24.3 Å². The van der Waals surface area contributed by atoms with Gasteiger partial charge in [0.05, 0.1) is 6.04 Å². The summed E-state index contributed by atoms with van der Waals surface area (Å²) in [5.74, 6) is 0.505. The van der Waals surface area contributed by atoms with E-state index in [1.807, 2.05) is 32.0 Å². The van der Waals surface area contributed by atoms with Gasteiger partial charge in [0, 0.05) is 33.9 Å². The van der Waals surface area contributed by atoms with Gasteiger partial charge in [0.25, 0.3) is 0 Å². The molecular formula is C14H19ClN2O2S. The van der Waals surface area contributed by atoms with Crippen molar-refractivity contribution in [3.8, 4) is 0 Å². The molecular weight excluding hydrogens is 296 g/mol. The maximum atomic E-state index is 12.3. The predicted molar refractivity (Wildman–Crippen MR) is 82.0 cm³/mol. The maximum absolute atomic E-state index is 12.3. The minimum Gasteiger partial charge on any atom is -0.318 e. The van der Waals surface area contributed by atoms with Crippen molar-refractivity contribution in [1.82, 2.24) is 10.2 Å². The van der Waals surface area contributed by atoms with Crippen molar-refractivity contribution in [3.63, 3.8) is 0 Å². The van der Waals surface area contributed by atoms with E-state index in [0.717, 1.165) is 5.56 Å². The molecule has 1 saturated heterocycles. The van der Waals surface area contributed by atoms with Crippen LogP contribution in [0.1, 0.15) is 25.6 Å². The molecule has 1 aliphatic rings. The van der Waals surface area contributed by atoms with Crippen LogP contribution in [-0.2, 0) is 15.6 Å². The second-order valence-corrected chi connectivity index (χ2v) is 7.10. The Bertz CT molecular complexity index is 538. The highest BCUT2D eigenvalue weighted by Crippen LogP contribution is 2.29. The van der Waals surface area contributed by atoms with Crippen molar-refractivity contribution in [3.05, 3.63) is 34.9 Å². The Morgan fingerprint density at radius 2 is 2.20 bits per heavy atom. The molecule has 0 spiro atoms. The number of rotatable bonds is 4. The largest absolute Gasteiger partial charge is 0.318 e. The molecule has 0 saturated carbocycles. The van der Waals surface area contributed by atoms with Crippen LogP contribution in [0.25, 0.3) is 0 Å². The Kier molecular flexibility index (Phi) is 4.83. The molecule has 4 nitrogen and oxygen atoms in total. The quantitative estimate of drug-likeness (QED) is 0.924. The molecule has 0 aliphatic carbocycles. The molecule has 1 N–H and O–H groups in total. The van der Waals surface area contributed by atoms with Gasteiger partial charge in [0.1, 0.15) is 6.17 Å². The molecule has 20 heavy (non-hydrogen) atoms. The molecule has 1 heterocycles. The third kappa shape index (κ3) is 3.22. The van der Waals surface area contributed by atoms with Crippen molar-refractivity contribution < 1.29 is 9.00 Å². The second kappa shape index (κ2) is 6.24. The number of carbonyl (C=O) groups excluding carboxylic acids is 1. The summed E-state index contributed by atoms with van der Waals surface area (Å²) in [5.41, 5.74) is 0.948. The molecule has 0 radical (unpaired) electrons. The van der Waals surface area contributed by atoms with Gasteiger partial charge in [-0.15, -0.1) is 0 Å². The van der Waals surface area contributed by atoms with Crippen LogP contribution in [0.4, 0.5) is 0 Å². The molecule has 6 heteroatoms. The van der Waals surface area contributed by atoms with Crippen molar-refractivity contribution in [2.24, 2.45) is 0 Å². The van der Waals surface area contributed by atoms with Gasteiger partial charge < -0.3 is 4.90 Å². The molecule has 0 aromatic heterocycles. The summed E-state index contributed by atoms with van der Waals surface area (Å²) >= 11 is 6.03. The fourth-order valence-corrected chi connectivity index (χ4v) is 3.60. The fourth-order valence-electron chi connectivity index (χ4n) is 2.56. The van der Waals surface area contributed by atoms with Crippen molar-refractivity contribution in [2.45, 2.75) is 32.1 Å². The lowest BCUT2D eigenvalue weighted by Gasteiger charge is -2.30. The average Bonchev–Trinajstić information content (AvgIpc) is 2.65. The predicted octanol–water partition coefficient (Wildman–Crippen LogP) is 1.93. The number of amides is 1. The fraction of sp³-hybridized carbons (Fsp3) is 0.500. The zero-order valence-electron chi connectivity index (χ0n) is 11.8. The minimum absolute atomic E-state index is 0.0351. The van der Waals surface area contributed by atoms with Gasteiger partial charge in [-0.2, -0.15) is 0 Å². The first-order valence-corrected chi connectivity index (χ1v) is 8.64. The zero-order valence-corrected chi connectivity index (χ0v) is 13.4. The SMILES string of the molecule is CC1NC(c2cccc(Cl)c2)N(C(C)CS(C)=O)C1=O. The van der Waals surface area contributed by atoms with E-state index in [1.54, 1.807) is 17.2 Å². The molecule has 4 unspecified atom stereocenters. The van der Waals surface area contributed by atoms with Gasteiger partial charge >= 0.3 is 0 Å². The lowest BCUT2D eigenvalue weighted by atomic mass is 10.1. The maximum Gasteiger partial charge on any atom is 0.241 e. The Morgan fingerprint density at radius 1 is 1.50 bits per heavy atom. The summed E-state index contributed by atoms with van der Waals surface area (Å²) in [6.45, 7) is 3.77. The molecule has 1 fully saturated rings. The van der Waals surface area contributed by atoms with Crippen LogP contribution < -0.4 is 5.32 Å². The summed E-state index contributed by atoms with van der Waals surface area (Å²) in [5, 5.41) is 3.91. The van der Waals surface area contributed by atoms with Crippen LogP contribution in [0.5, 0.6) is 0 Å². The lowest BCUT2D eigenvalue weighted by molar-refractivity contribution is -0.131. The van der Waals surface area contributed by atoms with E-state index in [9.17, 15) is 9.00 Å². The molecule has 4 atom stereocenters. The van der Waals surface area contributed by atoms with Crippen LogP contribution in [0.3, 0.4) is 0 Å². The number of benzene rings is 1. The van der Waals surface area contributed by atoms with E-state index in [-0.39, 0.29) is 24.2 Å². The second-order valence-electron chi connectivity index (χ2n) is 5.18. The highest BCUT2D eigenvalue weighted by atomic mass is 35.5. The Morgan fingerprint density at radius 3 is 2.80 bits per heavy atom. The van der Waals surface area contributed by atoms with Gasteiger partial charge in [-0.1, -0.05) is 23.7 Å². The van der Waals surface area contributed by atoms with Crippen LogP contribution >= 0.6 is 11.6 Å². The van der Waals surface area contributed by atoms with Gasteiger partial charge in [-0.25, -0.2) is 0 Å². The van der Waals surface area contributed by atoms with E-state index in [2.05, 4.69) is 5.32 Å².